The van der Waals surface area contributed by atoms with Crippen molar-refractivity contribution in [2.75, 3.05) is 31.2 Å². The van der Waals surface area contributed by atoms with Crippen molar-refractivity contribution in [2.24, 2.45) is 0 Å². The van der Waals surface area contributed by atoms with E-state index in [4.69, 9.17) is 5.73 Å². The van der Waals surface area contributed by atoms with E-state index in [0.717, 1.165) is 17.9 Å². The van der Waals surface area contributed by atoms with E-state index in [1.54, 1.807) is 0 Å². The van der Waals surface area contributed by atoms with Crippen LogP contribution in [-0.2, 0) is 0 Å². The average Bonchev–Trinajstić information content (AvgIpc) is 2.30. The summed E-state index contributed by atoms with van der Waals surface area (Å²) in [6.45, 7) is 4.27. The molecular formula is C14H23N3. The Hall–Kier alpha value is -1.22. The van der Waals surface area contributed by atoms with Gasteiger partial charge in [-0.2, -0.15) is 0 Å². The highest BCUT2D eigenvalue weighted by Gasteiger charge is 2.18. The van der Waals surface area contributed by atoms with E-state index in [1.165, 1.54) is 31.4 Å². The van der Waals surface area contributed by atoms with Crippen molar-refractivity contribution >= 4 is 11.4 Å². The number of anilines is 2. The maximum Gasteiger partial charge on any atom is 0.0574 e. The number of nitrogens with zero attached hydrogens (tertiary/aromatic N) is 1. The first-order valence-corrected chi connectivity index (χ1v) is 6.47. The van der Waals surface area contributed by atoms with Crippen LogP contribution in [0, 0.1) is 6.92 Å². The molecule has 1 atom stereocenters. The molecule has 2 rings (SSSR count). The molecule has 1 aliphatic rings. The zero-order chi connectivity index (χ0) is 12.3. The summed E-state index contributed by atoms with van der Waals surface area (Å²) in [7, 11) is 2.21. The van der Waals surface area contributed by atoms with E-state index >= 15 is 0 Å². The number of nitrogen functional groups attached to an aromatic ring is 1. The number of likely N-dealkylation sites (tertiary alicyclic amines) is 1. The molecule has 0 bridgehead atoms. The van der Waals surface area contributed by atoms with E-state index in [2.05, 4.69) is 36.3 Å². The lowest BCUT2D eigenvalue weighted by molar-refractivity contribution is 0.194. The van der Waals surface area contributed by atoms with Crippen LogP contribution in [0.15, 0.2) is 18.2 Å². The Morgan fingerprint density at radius 3 is 2.94 bits per heavy atom. The molecule has 0 saturated carbocycles. The summed E-state index contributed by atoms with van der Waals surface area (Å²) in [6.07, 6.45) is 3.97. The van der Waals surface area contributed by atoms with Crippen molar-refractivity contribution in [3.8, 4) is 0 Å². The Morgan fingerprint density at radius 2 is 2.24 bits per heavy atom. The van der Waals surface area contributed by atoms with Gasteiger partial charge in [-0.3, -0.25) is 0 Å². The van der Waals surface area contributed by atoms with Gasteiger partial charge in [-0.05, 0) is 51.1 Å². The lowest BCUT2D eigenvalue weighted by Crippen LogP contribution is -2.40. The van der Waals surface area contributed by atoms with Crippen molar-refractivity contribution in [3.05, 3.63) is 23.8 Å². The highest BCUT2D eigenvalue weighted by atomic mass is 15.2. The predicted octanol–water partition coefficient (Wildman–Crippen LogP) is 2.47. The minimum absolute atomic E-state index is 0.643. The largest absolute Gasteiger partial charge is 0.397 e. The topological polar surface area (TPSA) is 41.3 Å². The van der Waals surface area contributed by atoms with Gasteiger partial charge in [0.25, 0.3) is 0 Å². The van der Waals surface area contributed by atoms with Crippen LogP contribution in [0.2, 0.25) is 0 Å². The van der Waals surface area contributed by atoms with E-state index in [9.17, 15) is 0 Å². The van der Waals surface area contributed by atoms with Gasteiger partial charge in [-0.25, -0.2) is 0 Å². The fourth-order valence-electron chi connectivity index (χ4n) is 2.47. The Morgan fingerprint density at radius 1 is 1.41 bits per heavy atom. The zero-order valence-electron chi connectivity index (χ0n) is 10.9. The number of hydrogen-bond acceptors (Lipinski definition) is 3. The molecule has 1 unspecified atom stereocenters. The second-order valence-corrected chi connectivity index (χ2v) is 5.10. The smallest absolute Gasteiger partial charge is 0.0574 e. The zero-order valence-corrected chi connectivity index (χ0v) is 10.9. The van der Waals surface area contributed by atoms with E-state index in [0.29, 0.717) is 6.04 Å². The summed E-state index contributed by atoms with van der Waals surface area (Å²) in [5.41, 5.74) is 9.12. The molecule has 1 heterocycles. The molecule has 17 heavy (non-hydrogen) atoms. The summed E-state index contributed by atoms with van der Waals surface area (Å²) in [4.78, 5) is 2.45. The van der Waals surface area contributed by atoms with Crippen molar-refractivity contribution in [2.45, 2.75) is 32.2 Å². The molecule has 3 heteroatoms. The van der Waals surface area contributed by atoms with Crippen molar-refractivity contribution in [3.63, 3.8) is 0 Å². The standard InChI is InChI=1S/C14H23N3/c1-11-6-7-14(13(15)9-11)16-10-12-5-3-4-8-17(12)2/h6-7,9,12,16H,3-5,8,10,15H2,1-2H3. The minimum Gasteiger partial charge on any atom is -0.397 e. The molecule has 94 valence electrons. The maximum atomic E-state index is 6.00. The summed E-state index contributed by atoms with van der Waals surface area (Å²) in [5.74, 6) is 0. The lowest BCUT2D eigenvalue weighted by atomic mass is 10.0. The number of nitrogens with two attached hydrogens (primary N) is 1. The van der Waals surface area contributed by atoms with Crippen LogP contribution >= 0.6 is 0 Å². The number of piperidine rings is 1. The Balaban J connectivity index is 1.92. The fraction of sp³-hybridized carbons (Fsp3) is 0.571. The molecule has 3 nitrogen and oxygen atoms in total. The van der Waals surface area contributed by atoms with Crippen LogP contribution in [0.5, 0.6) is 0 Å². The molecule has 1 aliphatic heterocycles. The first-order chi connectivity index (χ1) is 8.16. The summed E-state index contributed by atoms with van der Waals surface area (Å²) >= 11 is 0. The van der Waals surface area contributed by atoms with Gasteiger partial charge >= 0.3 is 0 Å². The Labute approximate surface area is 104 Å². The van der Waals surface area contributed by atoms with Gasteiger partial charge in [-0.1, -0.05) is 12.5 Å². The van der Waals surface area contributed by atoms with Gasteiger partial charge in [0.2, 0.25) is 0 Å². The van der Waals surface area contributed by atoms with Gasteiger partial charge in [-0.15, -0.1) is 0 Å². The number of rotatable bonds is 3. The van der Waals surface area contributed by atoms with Crippen LogP contribution < -0.4 is 11.1 Å². The van der Waals surface area contributed by atoms with Crippen molar-refractivity contribution in [1.29, 1.82) is 0 Å². The van der Waals surface area contributed by atoms with Gasteiger partial charge in [0, 0.05) is 12.6 Å². The molecule has 0 spiro atoms. The highest BCUT2D eigenvalue weighted by Crippen LogP contribution is 2.21. The Bertz CT molecular complexity index is 376. The molecule has 1 fully saturated rings. The number of aryl methyl sites for hydroxylation is 1. The quantitative estimate of drug-likeness (QED) is 0.788. The van der Waals surface area contributed by atoms with E-state index in [1.807, 2.05) is 6.07 Å². The second kappa shape index (κ2) is 5.41. The SMILES string of the molecule is Cc1ccc(NCC2CCCCN2C)c(N)c1. The molecule has 1 aromatic rings. The fourth-order valence-corrected chi connectivity index (χ4v) is 2.47. The van der Waals surface area contributed by atoms with Gasteiger partial charge in [0.1, 0.15) is 0 Å². The van der Waals surface area contributed by atoms with Crippen molar-refractivity contribution < 1.29 is 0 Å². The van der Waals surface area contributed by atoms with Gasteiger partial charge < -0.3 is 16.0 Å². The number of nitrogens with one attached hydrogen (secondary N) is 1. The van der Waals surface area contributed by atoms with Gasteiger partial charge in [0.15, 0.2) is 0 Å². The number of likely N-dealkylation sites (N-methyl/N-ethyl adjacent to an activating group) is 1. The number of hydrogen-bond donors (Lipinski definition) is 2. The second-order valence-electron chi connectivity index (χ2n) is 5.10. The molecule has 1 saturated heterocycles. The molecule has 1 aromatic carbocycles. The van der Waals surface area contributed by atoms with Crippen LogP contribution in [0.4, 0.5) is 11.4 Å². The van der Waals surface area contributed by atoms with E-state index < -0.39 is 0 Å². The third-order valence-corrected chi connectivity index (χ3v) is 3.66. The maximum absolute atomic E-state index is 6.00. The van der Waals surface area contributed by atoms with Gasteiger partial charge in [0.05, 0.1) is 11.4 Å². The molecule has 0 amide bonds. The first-order valence-electron chi connectivity index (χ1n) is 6.47. The van der Waals surface area contributed by atoms with Crippen LogP contribution in [0.25, 0.3) is 0 Å². The molecule has 0 aliphatic carbocycles. The lowest BCUT2D eigenvalue weighted by Gasteiger charge is -2.32. The summed E-state index contributed by atoms with van der Waals surface area (Å²) < 4.78 is 0. The predicted molar refractivity (Wildman–Crippen MR) is 74.4 cm³/mol. The minimum atomic E-state index is 0.643. The normalized spacial score (nSPS) is 21.4. The first kappa shape index (κ1) is 12.2. The molecular weight excluding hydrogens is 210 g/mol. The van der Waals surface area contributed by atoms with E-state index in [-0.39, 0.29) is 0 Å². The molecule has 3 N–H and O–H groups in total. The van der Waals surface area contributed by atoms with Crippen molar-refractivity contribution in [1.82, 2.24) is 4.90 Å². The average molecular weight is 233 g/mol. The van der Waals surface area contributed by atoms with Crippen LogP contribution in [-0.4, -0.2) is 31.1 Å². The molecule has 0 radical (unpaired) electrons. The third-order valence-electron chi connectivity index (χ3n) is 3.66. The molecule has 0 aromatic heterocycles. The number of benzene rings is 1. The monoisotopic (exact) mass is 233 g/mol. The van der Waals surface area contributed by atoms with Crippen LogP contribution in [0.3, 0.4) is 0 Å². The van der Waals surface area contributed by atoms with Crippen LogP contribution in [0.1, 0.15) is 24.8 Å². The third kappa shape index (κ3) is 3.13. The summed E-state index contributed by atoms with van der Waals surface area (Å²) in [5, 5.41) is 3.47. The highest BCUT2D eigenvalue weighted by molar-refractivity contribution is 5.66. The summed E-state index contributed by atoms with van der Waals surface area (Å²) in [6, 6.07) is 6.84. The Kier molecular flexibility index (Phi) is 3.89.